The summed E-state index contributed by atoms with van der Waals surface area (Å²) in [6, 6.07) is 12.8. The lowest BCUT2D eigenvalue weighted by Gasteiger charge is -2.15. The van der Waals surface area contributed by atoms with Gasteiger partial charge in [0, 0.05) is 11.0 Å². The molecule has 3 aromatic rings. The van der Waals surface area contributed by atoms with Crippen molar-refractivity contribution in [1.82, 2.24) is 20.1 Å². The largest absolute Gasteiger partial charge is 0.342 e. The van der Waals surface area contributed by atoms with Crippen LogP contribution < -0.4 is 10.6 Å². The Bertz CT molecular complexity index is 1090. The van der Waals surface area contributed by atoms with Gasteiger partial charge >= 0.3 is 0 Å². The number of halogens is 2. The zero-order chi connectivity index (χ0) is 22.4. The van der Waals surface area contributed by atoms with Crippen LogP contribution in [-0.4, -0.2) is 32.3 Å². The first-order valence-corrected chi connectivity index (χ1v) is 11.3. The first-order valence-electron chi connectivity index (χ1n) is 9.56. The Morgan fingerprint density at radius 2 is 1.87 bits per heavy atom. The molecular formula is C21H21BrFN5O2S. The van der Waals surface area contributed by atoms with Gasteiger partial charge in [-0.2, -0.15) is 0 Å². The van der Waals surface area contributed by atoms with E-state index in [4.69, 9.17) is 0 Å². The SMILES string of the molecule is CCn1c(SCC(=O)Nc2ccccc2F)nnc1C(C)NC(=O)c1ccccc1Br. The summed E-state index contributed by atoms with van der Waals surface area (Å²) >= 11 is 4.57. The summed E-state index contributed by atoms with van der Waals surface area (Å²) in [6.45, 7) is 4.32. The normalized spacial score (nSPS) is 11.7. The molecule has 2 N–H and O–H groups in total. The van der Waals surface area contributed by atoms with Crippen molar-refractivity contribution in [2.24, 2.45) is 0 Å². The maximum atomic E-state index is 13.7. The Hall–Kier alpha value is -2.72. The first kappa shape index (κ1) is 23.0. The predicted octanol–water partition coefficient (Wildman–Crippen LogP) is 4.42. The molecule has 2 amide bonds. The van der Waals surface area contributed by atoms with Crippen molar-refractivity contribution in [2.75, 3.05) is 11.1 Å². The molecule has 0 aliphatic carbocycles. The van der Waals surface area contributed by atoms with Crippen molar-refractivity contribution in [3.8, 4) is 0 Å². The topological polar surface area (TPSA) is 88.9 Å². The molecule has 0 fully saturated rings. The number of benzene rings is 2. The first-order chi connectivity index (χ1) is 14.9. The standard InChI is InChI=1S/C21H21BrFN5O2S/c1-3-28-19(13(2)24-20(30)14-8-4-5-9-15(14)22)26-27-21(28)31-12-18(29)25-17-11-7-6-10-16(17)23/h4-11,13H,3,12H2,1-2H3,(H,24,30)(H,25,29). The number of nitrogens with one attached hydrogen (secondary N) is 2. The molecule has 0 saturated heterocycles. The summed E-state index contributed by atoms with van der Waals surface area (Å²) in [5.41, 5.74) is 0.658. The van der Waals surface area contributed by atoms with Crippen LogP contribution in [0, 0.1) is 5.82 Å². The van der Waals surface area contributed by atoms with E-state index in [1.807, 2.05) is 24.5 Å². The summed E-state index contributed by atoms with van der Waals surface area (Å²) in [4.78, 5) is 24.8. The lowest BCUT2D eigenvalue weighted by molar-refractivity contribution is -0.113. The number of anilines is 1. The van der Waals surface area contributed by atoms with Gasteiger partial charge in [-0.15, -0.1) is 10.2 Å². The third-order valence-corrected chi connectivity index (χ3v) is 6.05. The third-order valence-electron chi connectivity index (χ3n) is 4.40. The molecule has 1 unspecified atom stereocenters. The number of hydrogen-bond acceptors (Lipinski definition) is 5. The van der Waals surface area contributed by atoms with Crippen LogP contribution >= 0.6 is 27.7 Å². The van der Waals surface area contributed by atoms with Crippen LogP contribution in [0.5, 0.6) is 0 Å². The summed E-state index contributed by atoms with van der Waals surface area (Å²) < 4.78 is 16.2. The van der Waals surface area contributed by atoms with Gasteiger partial charge in [-0.3, -0.25) is 9.59 Å². The second-order valence-electron chi connectivity index (χ2n) is 6.58. The number of aromatic nitrogens is 3. The maximum Gasteiger partial charge on any atom is 0.253 e. The van der Waals surface area contributed by atoms with E-state index < -0.39 is 11.9 Å². The molecule has 7 nitrogen and oxygen atoms in total. The molecule has 1 atom stereocenters. The molecule has 0 aliphatic rings. The lowest BCUT2D eigenvalue weighted by Crippen LogP contribution is -2.29. The molecule has 0 saturated carbocycles. The van der Waals surface area contributed by atoms with E-state index in [1.54, 1.807) is 30.3 Å². The molecule has 2 aromatic carbocycles. The Kier molecular flexibility index (Phi) is 7.80. The van der Waals surface area contributed by atoms with E-state index in [-0.39, 0.29) is 23.3 Å². The van der Waals surface area contributed by atoms with E-state index in [2.05, 4.69) is 36.8 Å². The van der Waals surface area contributed by atoms with Crippen molar-refractivity contribution in [2.45, 2.75) is 31.6 Å². The zero-order valence-electron chi connectivity index (χ0n) is 16.9. The van der Waals surface area contributed by atoms with Crippen molar-refractivity contribution >= 4 is 45.2 Å². The lowest BCUT2D eigenvalue weighted by atomic mass is 10.2. The van der Waals surface area contributed by atoms with E-state index >= 15 is 0 Å². The smallest absolute Gasteiger partial charge is 0.253 e. The van der Waals surface area contributed by atoms with Gasteiger partial charge in [0.15, 0.2) is 11.0 Å². The fraction of sp³-hybridized carbons (Fsp3) is 0.238. The minimum absolute atomic E-state index is 0.0458. The summed E-state index contributed by atoms with van der Waals surface area (Å²) in [5, 5.41) is 14.4. The average molecular weight is 506 g/mol. The molecular weight excluding hydrogens is 485 g/mol. The second kappa shape index (κ2) is 10.5. The number of carbonyl (C=O) groups excluding carboxylic acids is 2. The fourth-order valence-corrected chi connectivity index (χ4v) is 4.16. The Labute approximate surface area is 192 Å². The monoisotopic (exact) mass is 505 g/mol. The van der Waals surface area contributed by atoms with Gasteiger partial charge in [0.1, 0.15) is 5.82 Å². The summed E-state index contributed by atoms with van der Waals surface area (Å²) in [5.74, 6) is -0.444. The van der Waals surface area contributed by atoms with Gasteiger partial charge in [-0.1, -0.05) is 36.0 Å². The van der Waals surface area contributed by atoms with Gasteiger partial charge in [0.2, 0.25) is 5.91 Å². The second-order valence-corrected chi connectivity index (χ2v) is 8.37. The van der Waals surface area contributed by atoms with Crippen molar-refractivity contribution in [3.05, 3.63) is 70.2 Å². The molecule has 10 heteroatoms. The number of amides is 2. The van der Waals surface area contributed by atoms with Crippen LogP contribution in [-0.2, 0) is 11.3 Å². The molecule has 0 radical (unpaired) electrons. The van der Waals surface area contributed by atoms with Crippen LogP contribution in [0.3, 0.4) is 0 Å². The Morgan fingerprint density at radius 1 is 1.16 bits per heavy atom. The number of hydrogen-bond donors (Lipinski definition) is 2. The predicted molar refractivity (Wildman–Crippen MR) is 121 cm³/mol. The van der Waals surface area contributed by atoms with Crippen molar-refractivity contribution < 1.29 is 14.0 Å². The van der Waals surface area contributed by atoms with Gasteiger partial charge < -0.3 is 15.2 Å². The van der Waals surface area contributed by atoms with Gasteiger partial charge in [0.25, 0.3) is 5.91 Å². The fourth-order valence-electron chi connectivity index (χ4n) is 2.89. The quantitative estimate of drug-likeness (QED) is 0.442. The third kappa shape index (κ3) is 5.71. The van der Waals surface area contributed by atoms with Crippen molar-refractivity contribution in [3.63, 3.8) is 0 Å². The van der Waals surface area contributed by atoms with Crippen LogP contribution in [0.2, 0.25) is 0 Å². The zero-order valence-corrected chi connectivity index (χ0v) is 19.3. The van der Waals surface area contributed by atoms with Crippen LogP contribution in [0.4, 0.5) is 10.1 Å². The molecule has 0 bridgehead atoms. The molecule has 1 heterocycles. The Balaban J connectivity index is 1.64. The molecule has 0 spiro atoms. The highest BCUT2D eigenvalue weighted by molar-refractivity contribution is 9.10. The van der Waals surface area contributed by atoms with E-state index in [0.717, 1.165) is 0 Å². The van der Waals surface area contributed by atoms with Gasteiger partial charge in [0.05, 0.1) is 23.0 Å². The Morgan fingerprint density at radius 3 is 2.58 bits per heavy atom. The van der Waals surface area contributed by atoms with Gasteiger partial charge in [-0.25, -0.2) is 4.39 Å². The average Bonchev–Trinajstić information content (AvgIpc) is 3.17. The van der Waals surface area contributed by atoms with Crippen LogP contribution in [0.1, 0.15) is 36.1 Å². The number of para-hydroxylation sites is 1. The molecule has 3 rings (SSSR count). The maximum absolute atomic E-state index is 13.7. The molecule has 31 heavy (non-hydrogen) atoms. The summed E-state index contributed by atoms with van der Waals surface area (Å²) in [7, 11) is 0. The number of rotatable bonds is 8. The number of carbonyl (C=O) groups is 2. The minimum atomic E-state index is -0.491. The van der Waals surface area contributed by atoms with Crippen LogP contribution in [0.15, 0.2) is 58.2 Å². The van der Waals surface area contributed by atoms with E-state index in [0.29, 0.717) is 27.6 Å². The summed E-state index contributed by atoms with van der Waals surface area (Å²) in [6.07, 6.45) is 0. The van der Waals surface area contributed by atoms with E-state index in [9.17, 15) is 14.0 Å². The number of thioether (sulfide) groups is 1. The molecule has 1 aromatic heterocycles. The van der Waals surface area contributed by atoms with Gasteiger partial charge in [-0.05, 0) is 54.0 Å². The highest BCUT2D eigenvalue weighted by atomic mass is 79.9. The highest BCUT2D eigenvalue weighted by Gasteiger charge is 2.21. The molecule has 162 valence electrons. The van der Waals surface area contributed by atoms with Crippen molar-refractivity contribution in [1.29, 1.82) is 0 Å². The highest BCUT2D eigenvalue weighted by Crippen LogP contribution is 2.22. The van der Waals surface area contributed by atoms with E-state index in [1.165, 1.54) is 23.9 Å². The van der Waals surface area contributed by atoms with Crippen LogP contribution in [0.25, 0.3) is 0 Å². The molecule has 0 aliphatic heterocycles. The minimum Gasteiger partial charge on any atom is -0.342 e. The number of nitrogens with zero attached hydrogens (tertiary/aromatic N) is 3.